The number of likely N-dealkylation sites (tertiary alicyclic amines) is 1. The number of hydrogen-bond acceptors (Lipinski definition) is 3. The molecule has 4 nitrogen and oxygen atoms in total. The van der Waals surface area contributed by atoms with Gasteiger partial charge in [0.25, 0.3) is 0 Å². The second-order valence-electron chi connectivity index (χ2n) is 6.71. The van der Waals surface area contributed by atoms with E-state index in [2.05, 4.69) is 17.0 Å². The molecule has 0 aliphatic carbocycles. The minimum Gasteiger partial charge on any atom is -0.396 e. The second kappa shape index (κ2) is 8.67. The molecule has 1 N–H and O–H groups in total. The minimum absolute atomic E-state index is 0.137. The molecule has 1 heterocycles. The first-order valence-corrected chi connectivity index (χ1v) is 8.99. The molecule has 2 aromatic carbocycles. The van der Waals surface area contributed by atoms with Crippen LogP contribution in [0.1, 0.15) is 18.4 Å². The highest BCUT2D eigenvalue weighted by Crippen LogP contribution is 2.19. The van der Waals surface area contributed by atoms with Crippen molar-refractivity contribution in [3.05, 3.63) is 66.2 Å². The average Bonchev–Trinajstić information content (AvgIpc) is 2.69. The third-order valence-corrected chi connectivity index (χ3v) is 4.79. The van der Waals surface area contributed by atoms with Crippen LogP contribution in [0.15, 0.2) is 60.7 Å². The molecular weight excluding hydrogens is 312 g/mol. The summed E-state index contributed by atoms with van der Waals surface area (Å²) in [6.07, 6.45) is 1.98. The molecule has 1 amide bonds. The fraction of sp³-hybridized carbons (Fsp3) is 0.381. The van der Waals surface area contributed by atoms with E-state index in [4.69, 9.17) is 0 Å². The molecule has 0 spiro atoms. The zero-order valence-electron chi connectivity index (χ0n) is 14.6. The van der Waals surface area contributed by atoms with E-state index in [1.807, 2.05) is 53.4 Å². The Morgan fingerprint density at radius 1 is 1.08 bits per heavy atom. The highest BCUT2D eigenvalue weighted by Gasteiger charge is 2.24. The van der Waals surface area contributed by atoms with Crippen LogP contribution in [-0.4, -0.2) is 42.2 Å². The van der Waals surface area contributed by atoms with Crippen LogP contribution in [0, 0.1) is 5.92 Å². The van der Waals surface area contributed by atoms with Gasteiger partial charge in [0, 0.05) is 31.9 Å². The average molecular weight is 338 g/mol. The van der Waals surface area contributed by atoms with Crippen molar-refractivity contribution in [1.82, 2.24) is 4.90 Å². The first-order valence-electron chi connectivity index (χ1n) is 8.99. The Labute approximate surface area is 149 Å². The molecule has 25 heavy (non-hydrogen) atoms. The lowest BCUT2D eigenvalue weighted by atomic mass is 9.99. The summed E-state index contributed by atoms with van der Waals surface area (Å²) in [6.45, 7) is 2.69. The smallest absolute Gasteiger partial charge is 0.242 e. The fourth-order valence-electron chi connectivity index (χ4n) is 3.38. The van der Waals surface area contributed by atoms with E-state index in [-0.39, 0.29) is 18.4 Å². The lowest BCUT2D eigenvalue weighted by Crippen LogP contribution is -2.45. The van der Waals surface area contributed by atoms with Gasteiger partial charge in [0.1, 0.15) is 0 Å². The maximum absolute atomic E-state index is 12.8. The van der Waals surface area contributed by atoms with Crippen molar-refractivity contribution in [2.45, 2.75) is 19.4 Å². The molecule has 1 aliphatic heterocycles. The Bertz CT molecular complexity index is 660. The number of anilines is 1. The van der Waals surface area contributed by atoms with Crippen molar-refractivity contribution in [2.75, 3.05) is 31.1 Å². The number of carbonyl (C=O) groups excluding carboxylic acids is 1. The summed E-state index contributed by atoms with van der Waals surface area (Å²) in [5, 5.41) is 9.40. The number of amides is 1. The first-order chi connectivity index (χ1) is 12.3. The minimum atomic E-state index is 0.137. The van der Waals surface area contributed by atoms with Gasteiger partial charge in [-0.25, -0.2) is 0 Å². The van der Waals surface area contributed by atoms with Crippen LogP contribution < -0.4 is 4.90 Å². The monoisotopic (exact) mass is 338 g/mol. The van der Waals surface area contributed by atoms with E-state index in [1.165, 1.54) is 5.56 Å². The molecule has 3 rings (SSSR count). The van der Waals surface area contributed by atoms with Gasteiger partial charge in [-0.3, -0.25) is 4.79 Å². The molecule has 1 fully saturated rings. The predicted molar refractivity (Wildman–Crippen MR) is 100 cm³/mol. The van der Waals surface area contributed by atoms with Gasteiger partial charge in [-0.2, -0.15) is 0 Å². The molecule has 4 heteroatoms. The third kappa shape index (κ3) is 4.83. The molecule has 0 aromatic heterocycles. The quantitative estimate of drug-likeness (QED) is 0.881. The summed E-state index contributed by atoms with van der Waals surface area (Å²) >= 11 is 0. The number of aliphatic hydroxyl groups is 1. The maximum Gasteiger partial charge on any atom is 0.242 e. The highest BCUT2D eigenvalue weighted by atomic mass is 16.3. The molecule has 1 atom stereocenters. The lowest BCUT2D eigenvalue weighted by Gasteiger charge is -2.34. The third-order valence-electron chi connectivity index (χ3n) is 4.79. The van der Waals surface area contributed by atoms with Crippen LogP contribution in [0.3, 0.4) is 0 Å². The van der Waals surface area contributed by atoms with Gasteiger partial charge in [0.2, 0.25) is 5.91 Å². The van der Waals surface area contributed by atoms with Crippen molar-refractivity contribution in [2.24, 2.45) is 5.92 Å². The Kier molecular flexibility index (Phi) is 6.07. The SMILES string of the molecule is O=C(CN(Cc1ccccc1)c1ccccc1)N1CCC[C@H](CO)C1. The summed E-state index contributed by atoms with van der Waals surface area (Å²) in [6, 6.07) is 20.3. The number of piperidine rings is 1. The molecule has 0 radical (unpaired) electrons. The molecule has 1 saturated heterocycles. The number of aliphatic hydroxyl groups excluding tert-OH is 1. The van der Waals surface area contributed by atoms with E-state index in [9.17, 15) is 9.90 Å². The molecule has 2 aromatic rings. The Morgan fingerprint density at radius 2 is 1.76 bits per heavy atom. The van der Waals surface area contributed by atoms with Gasteiger partial charge in [0.05, 0.1) is 6.54 Å². The number of rotatable bonds is 6. The van der Waals surface area contributed by atoms with E-state index in [0.29, 0.717) is 19.6 Å². The Balaban J connectivity index is 1.72. The summed E-state index contributed by atoms with van der Waals surface area (Å²) in [5.41, 5.74) is 2.24. The van der Waals surface area contributed by atoms with Crippen LogP contribution in [-0.2, 0) is 11.3 Å². The van der Waals surface area contributed by atoms with Crippen molar-refractivity contribution >= 4 is 11.6 Å². The van der Waals surface area contributed by atoms with Gasteiger partial charge in [-0.15, -0.1) is 0 Å². The van der Waals surface area contributed by atoms with Gasteiger partial charge < -0.3 is 14.9 Å². The summed E-state index contributed by atoms with van der Waals surface area (Å²) in [4.78, 5) is 16.9. The van der Waals surface area contributed by atoms with E-state index >= 15 is 0 Å². The molecule has 0 saturated carbocycles. The number of carbonyl (C=O) groups is 1. The zero-order chi connectivity index (χ0) is 17.5. The first kappa shape index (κ1) is 17.5. The van der Waals surface area contributed by atoms with Crippen molar-refractivity contribution in [1.29, 1.82) is 0 Å². The van der Waals surface area contributed by atoms with Gasteiger partial charge in [-0.1, -0.05) is 48.5 Å². The lowest BCUT2D eigenvalue weighted by molar-refractivity contribution is -0.131. The molecule has 0 unspecified atom stereocenters. The zero-order valence-corrected chi connectivity index (χ0v) is 14.6. The summed E-state index contributed by atoms with van der Waals surface area (Å²) in [5.74, 6) is 0.356. The number of nitrogens with zero attached hydrogens (tertiary/aromatic N) is 2. The topological polar surface area (TPSA) is 43.8 Å². The van der Waals surface area contributed by atoms with Crippen molar-refractivity contribution in [3.63, 3.8) is 0 Å². The number of hydrogen-bond donors (Lipinski definition) is 1. The number of benzene rings is 2. The molecule has 1 aliphatic rings. The van der Waals surface area contributed by atoms with Gasteiger partial charge in [0.15, 0.2) is 0 Å². The Morgan fingerprint density at radius 3 is 2.44 bits per heavy atom. The molecule has 132 valence electrons. The predicted octanol–water partition coefficient (Wildman–Crippen LogP) is 2.92. The maximum atomic E-state index is 12.8. The van der Waals surface area contributed by atoms with Gasteiger partial charge >= 0.3 is 0 Å². The fourth-order valence-corrected chi connectivity index (χ4v) is 3.38. The van der Waals surface area contributed by atoms with Gasteiger partial charge in [-0.05, 0) is 36.5 Å². The standard InChI is InChI=1S/C21H26N2O2/c24-17-19-10-7-13-22(15-19)21(25)16-23(20-11-5-2-6-12-20)14-18-8-3-1-4-9-18/h1-6,8-9,11-12,19,24H,7,10,13-17H2/t19-/m0/s1. The van der Waals surface area contributed by atoms with E-state index in [1.54, 1.807) is 0 Å². The second-order valence-corrected chi connectivity index (χ2v) is 6.71. The summed E-state index contributed by atoms with van der Waals surface area (Å²) < 4.78 is 0. The van der Waals surface area contributed by atoms with E-state index in [0.717, 1.165) is 25.1 Å². The van der Waals surface area contributed by atoms with Crippen LogP contribution in [0.5, 0.6) is 0 Å². The van der Waals surface area contributed by atoms with Crippen LogP contribution in [0.2, 0.25) is 0 Å². The van der Waals surface area contributed by atoms with Crippen molar-refractivity contribution in [3.8, 4) is 0 Å². The number of para-hydroxylation sites is 1. The molecular formula is C21H26N2O2. The van der Waals surface area contributed by atoms with E-state index < -0.39 is 0 Å². The van der Waals surface area contributed by atoms with Crippen LogP contribution >= 0.6 is 0 Å². The highest BCUT2D eigenvalue weighted by molar-refractivity contribution is 5.81. The Hall–Kier alpha value is -2.33. The normalized spacial score (nSPS) is 17.3. The molecule has 0 bridgehead atoms. The van der Waals surface area contributed by atoms with Crippen LogP contribution in [0.4, 0.5) is 5.69 Å². The van der Waals surface area contributed by atoms with Crippen molar-refractivity contribution < 1.29 is 9.90 Å². The summed E-state index contributed by atoms with van der Waals surface area (Å²) in [7, 11) is 0. The largest absolute Gasteiger partial charge is 0.396 e. The van der Waals surface area contributed by atoms with Crippen LogP contribution in [0.25, 0.3) is 0 Å².